The van der Waals surface area contributed by atoms with Crippen LogP contribution in [0.25, 0.3) is 10.9 Å². The van der Waals surface area contributed by atoms with Crippen molar-refractivity contribution >= 4 is 28.6 Å². The van der Waals surface area contributed by atoms with Crippen LogP contribution in [0.15, 0.2) is 23.2 Å². The summed E-state index contributed by atoms with van der Waals surface area (Å²) in [4.78, 5) is 19.4. The third-order valence-electron chi connectivity index (χ3n) is 2.99. The Labute approximate surface area is 135 Å². The zero-order valence-corrected chi connectivity index (χ0v) is 13.5. The van der Waals surface area contributed by atoms with Gasteiger partial charge in [0.05, 0.1) is 16.8 Å². The normalized spacial score (nSPS) is 12.6. The van der Waals surface area contributed by atoms with Crippen molar-refractivity contribution in [3.63, 3.8) is 0 Å². The van der Waals surface area contributed by atoms with Gasteiger partial charge in [-0.2, -0.15) is 13.2 Å². The second-order valence-electron chi connectivity index (χ2n) is 6.01. The Bertz CT molecular complexity index is 755. The van der Waals surface area contributed by atoms with Crippen molar-refractivity contribution in [1.29, 1.82) is 0 Å². The summed E-state index contributed by atoms with van der Waals surface area (Å²) in [5, 5.41) is 9.27. The summed E-state index contributed by atoms with van der Waals surface area (Å²) in [5.41, 5.74) is -0.852. The number of carboxylic acids is 1. The van der Waals surface area contributed by atoms with E-state index in [9.17, 15) is 18.0 Å². The predicted octanol–water partition coefficient (Wildman–Crippen LogP) is 4.12. The molecule has 4 nitrogen and oxygen atoms in total. The molecule has 0 bridgehead atoms. The van der Waals surface area contributed by atoms with Crippen LogP contribution in [-0.4, -0.2) is 26.8 Å². The molecular weight excluding hydrogens is 329 g/mol. The third-order valence-corrected chi connectivity index (χ3v) is 3.97. The summed E-state index contributed by atoms with van der Waals surface area (Å²) in [7, 11) is 0. The van der Waals surface area contributed by atoms with Crippen molar-refractivity contribution in [2.45, 2.75) is 37.4 Å². The molecule has 2 rings (SSSR count). The number of aromatic nitrogens is 2. The number of aliphatic carboxylic acids is 1. The molecule has 0 amide bonds. The van der Waals surface area contributed by atoms with Crippen molar-refractivity contribution < 1.29 is 23.1 Å². The number of hydrogen-bond acceptors (Lipinski definition) is 4. The van der Waals surface area contributed by atoms with Crippen LogP contribution in [0.5, 0.6) is 0 Å². The van der Waals surface area contributed by atoms with Crippen molar-refractivity contribution in [3.05, 3.63) is 29.6 Å². The Kier molecular flexibility index (Phi) is 4.57. The minimum atomic E-state index is -4.48. The van der Waals surface area contributed by atoms with E-state index in [-0.39, 0.29) is 16.2 Å². The largest absolute Gasteiger partial charge is 0.481 e. The van der Waals surface area contributed by atoms with Crippen LogP contribution in [0.3, 0.4) is 0 Å². The Morgan fingerprint density at radius 3 is 2.39 bits per heavy atom. The molecule has 0 fully saturated rings. The molecule has 0 unspecified atom stereocenters. The average Bonchev–Trinajstić information content (AvgIpc) is 2.41. The number of nitrogens with zero attached hydrogens (tertiary/aromatic N) is 2. The van der Waals surface area contributed by atoms with Crippen molar-refractivity contribution in [3.8, 4) is 0 Å². The SMILES string of the molecule is CC(C)(C)c1nc(SCC(=O)O)c2cc(C(F)(F)F)ccc2n1. The van der Waals surface area contributed by atoms with Gasteiger partial charge in [0.25, 0.3) is 0 Å². The lowest BCUT2D eigenvalue weighted by Gasteiger charge is -2.19. The maximum absolute atomic E-state index is 12.9. The summed E-state index contributed by atoms with van der Waals surface area (Å²) in [6.45, 7) is 5.64. The highest BCUT2D eigenvalue weighted by Crippen LogP contribution is 2.35. The lowest BCUT2D eigenvalue weighted by molar-refractivity contribution is -0.137. The number of benzene rings is 1. The molecule has 8 heteroatoms. The molecule has 0 saturated carbocycles. The van der Waals surface area contributed by atoms with Crippen LogP contribution in [0.4, 0.5) is 13.2 Å². The molecule has 1 heterocycles. The summed E-state index contributed by atoms with van der Waals surface area (Å²) in [6, 6.07) is 3.22. The van der Waals surface area contributed by atoms with Gasteiger partial charge < -0.3 is 5.11 Å². The van der Waals surface area contributed by atoms with Crippen molar-refractivity contribution in [2.75, 3.05) is 5.75 Å². The minimum Gasteiger partial charge on any atom is -0.481 e. The molecule has 0 saturated heterocycles. The van der Waals surface area contributed by atoms with E-state index in [1.807, 2.05) is 20.8 Å². The fourth-order valence-corrected chi connectivity index (χ4v) is 2.58. The van der Waals surface area contributed by atoms with Gasteiger partial charge >= 0.3 is 12.1 Å². The van der Waals surface area contributed by atoms with Gasteiger partial charge in [-0.1, -0.05) is 32.5 Å². The first-order chi connectivity index (χ1) is 10.5. The van der Waals surface area contributed by atoms with Crippen LogP contribution in [-0.2, 0) is 16.4 Å². The van der Waals surface area contributed by atoms with E-state index in [0.29, 0.717) is 11.3 Å². The number of rotatable bonds is 3. The van der Waals surface area contributed by atoms with E-state index in [0.717, 1.165) is 23.9 Å². The van der Waals surface area contributed by atoms with Gasteiger partial charge in [-0.15, -0.1) is 0 Å². The quantitative estimate of drug-likeness (QED) is 0.670. The Hall–Kier alpha value is -1.83. The number of carbonyl (C=O) groups is 1. The van der Waals surface area contributed by atoms with Crippen molar-refractivity contribution in [2.24, 2.45) is 0 Å². The highest BCUT2D eigenvalue weighted by molar-refractivity contribution is 8.00. The number of carboxylic acid groups (broad SMARTS) is 1. The third kappa shape index (κ3) is 4.13. The number of halogens is 3. The second kappa shape index (κ2) is 5.99. The first-order valence-electron chi connectivity index (χ1n) is 6.72. The minimum absolute atomic E-state index is 0.207. The first-order valence-corrected chi connectivity index (χ1v) is 7.71. The van der Waals surface area contributed by atoms with Gasteiger partial charge in [-0.3, -0.25) is 4.79 Å². The fraction of sp³-hybridized carbons (Fsp3) is 0.400. The van der Waals surface area contributed by atoms with Gasteiger partial charge in [0.15, 0.2) is 0 Å². The van der Waals surface area contributed by atoms with Gasteiger partial charge in [-0.25, -0.2) is 9.97 Å². The van der Waals surface area contributed by atoms with Crippen LogP contribution in [0.2, 0.25) is 0 Å². The summed E-state index contributed by atoms with van der Waals surface area (Å²) in [6.07, 6.45) is -4.48. The smallest absolute Gasteiger partial charge is 0.416 e. The van der Waals surface area contributed by atoms with E-state index < -0.39 is 23.1 Å². The van der Waals surface area contributed by atoms with Crippen LogP contribution in [0.1, 0.15) is 32.2 Å². The molecule has 0 atom stereocenters. The zero-order valence-electron chi connectivity index (χ0n) is 12.7. The van der Waals surface area contributed by atoms with E-state index in [4.69, 9.17) is 5.11 Å². The number of fused-ring (bicyclic) bond motifs is 1. The maximum Gasteiger partial charge on any atom is 0.416 e. The number of alkyl halides is 3. The Morgan fingerprint density at radius 2 is 1.87 bits per heavy atom. The number of thioether (sulfide) groups is 1. The van der Waals surface area contributed by atoms with E-state index in [1.54, 1.807) is 0 Å². The summed E-state index contributed by atoms with van der Waals surface area (Å²) >= 11 is 0.890. The van der Waals surface area contributed by atoms with Gasteiger partial charge in [0, 0.05) is 10.8 Å². The predicted molar refractivity (Wildman–Crippen MR) is 81.6 cm³/mol. The summed E-state index contributed by atoms with van der Waals surface area (Å²) in [5.74, 6) is -0.893. The topological polar surface area (TPSA) is 63.1 Å². The first kappa shape index (κ1) is 17.5. The molecule has 2 aromatic rings. The monoisotopic (exact) mass is 344 g/mol. The molecule has 1 N–H and O–H groups in total. The molecule has 1 aromatic carbocycles. The fourth-order valence-electron chi connectivity index (χ4n) is 1.85. The van der Waals surface area contributed by atoms with E-state index in [2.05, 4.69) is 9.97 Å². The lowest BCUT2D eigenvalue weighted by Crippen LogP contribution is -2.17. The van der Waals surface area contributed by atoms with E-state index >= 15 is 0 Å². The van der Waals surface area contributed by atoms with Crippen molar-refractivity contribution in [1.82, 2.24) is 9.97 Å². The van der Waals surface area contributed by atoms with Gasteiger partial charge in [-0.05, 0) is 18.2 Å². The van der Waals surface area contributed by atoms with Gasteiger partial charge in [0.2, 0.25) is 0 Å². The van der Waals surface area contributed by atoms with E-state index in [1.165, 1.54) is 6.07 Å². The lowest BCUT2D eigenvalue weighted by atomic mass is 9.95. The van der Waals surface area contributed by atoms with Crippen LogP contribution >= 0.6 is 11.8 Å². The summed E-state index contributed by atoms with van der Waals surface area (Å²) < 4.78 is 38.7. The Morgan fingerprint density at radius 1 is 1.22 bits per heavy atom. The molecule has 0 aliphatic carbocycles. The Balaban J connectivity index is 2.65. The zero-order chi connectivity index (χ0) is 17.4. The standard InChI is InChI=1S/C15H15F3N2O2S/c1-14(2,3)13-19-10-5-4-8(15(16,17)18)6-9(10)12(20-13)23-7-11(21)22/h4-6H,7H2,1-3H3,(H,21,22). The molecule has 1 aromatic heterocycles. The molecule has 124 valence electrons. The highest BCUT2D eigenvalue weighted by atomic mass is 32.2. The molecule has 0 aliphatic heterocycles. The molecule has 0 radical (unpaired) electrons. The number of hydrogen-bond donors (Lipinski definition) is 1. The average molecular weight is 344 g/mol. The highest BCUT2D eigenvalue weighted by Gasteiger charge is 2.31. The maximum atomic E-state index is 12.9. The molecule has 0 aliphatic rings. The molecule has 23 heavy (non-hydrogen) atoms. The molecule has 0 spiro atoms. The second-order valence-corrected chi connectivity index (χ2v) is 6.98. The van der Waals surface area contributed by atoms with Crippen LogP contribution < -0.4 is 0 Å². The van der Waals surface area contributed by atoms with Crippen LogP contribution in [0, 0.1) is 0 Å². The van der Waals surface area contributed by atoms with Gasteiger partial charge in [0.1, 0.15) is 10.9 Å². The molecular formula is C15H15F3N2O2S.